The summed E-state index contributed by atoms with van der Waals surface area (Å²) in [5.74, 6) is 1.99. The second kappa shape index (κ2) is 4.69. The fourth-order valence-corrected chi connectivity index (χ4v) is 4.85. The van der Waals surface area contributed by atoms with E-state index in [9.17, 15) is 0 Å². The zero-order valence-corrected chi connectivity index (χ0v) is 11.4. The lowest BCUT2D eigenvalue weighted by Crippen LogP contribution is -2.40. The molecule has 0 saturated heterocycles. The van der Waals surface area contributed by atoms with E-state index in [1.54, 1.807) is 0 Å². The van der Waals surface area contributed by atoms with E-state index in [0.29, 0.717) is 5.41 Å². The molecule has 2 aliphatic carbocycles. The van der Waals surface area contributed by atoms with E-state index in [0.717, 1.165) is 18.4 Å². The summed E-state index contributed by atoms with van der Waals surface area (Å²) < 4.78 is 0. The van der Waals surface area contributed by atoms with Crippen LogP contribution in [0.25, 0.3) is 0 Å². The molecule has 2 saturated carbocycles. The van der Waals surface area contributed by atoms with Gasteiger partial charge in [-0.25, -0.2) is 0 Å². The van der Waals surface area contributed by atoms with Crippen molar-refractivity contribution in [3.63, 3.8) is 0 Å². The molecule has 0 radical (unpaired) electrons. The van der Waals surface area contributed by atoms with E-state index in [2.05, 4.69) is 23.4 Å². The lowest BCUT2D eigenvalue weighted by Gasteiger charge is -2.38. The van der Waals surface area contributed by atoms with Gasteiger partial charge < -0.3 is 5.32 Å². The van der Waals surface area contributed by atoms with Crippen LogP contribution in [0.1, 0.15) is 37.5 Å². The number of hydrogen-bond donors (Lipinski definition) is 1. The molecular weight excluding hydrogens is 228 g/mol. The molecule has 1 aromatic heterocycles. The molecular formula is C14H22N2S. The van der Waals surface area contributed by atoms with E-state index in [1.807, 2.05) is 16.8 Å². The highest BCUT2D eigenvalue weighted by molar-refractivity contribution is 7.09. The van der Waals surface area contributed by atoms with Crippen LogP contribution in [0.2, 0.25) is 0 Å². The molecule has 17 heavy (non-hydrogen) atoms. The van der Waals surface area contributed by atoms with Crippen LogP contribution < -0.4 is 5.32 Å². The summed E-state index contributed by atoms with van der Waals surface area (Å²) in [5.41, 5.74) is 2.52. The van der Waals surface area contributed by atoms with Crippen molar-refractivity contribution in [2.45, 2.75) is 39.0 Å². The quantitative estimate of drug-likeness (QED) is 0.868. The summed E-state index contributed by atoms with van der Waals surface area (Å²) in [5, 5.41) is 3.61. The van der Waals surface area contributed by atoms with Gasteiger partial charge in [0.2, 0.25) is 0 Å². The lowest BCUT2D eigenvalue weighted by atomic mass is 9.70. The number of fused-ring (bicyclic) bond motifs is 2. The minimum Gasteiger partial charge on any atom is -0.316 e. The van der Waals surface area contributed by atoms with E-state index < -0.39 is 0 Å². The first-order valence-corrected chi connectivity index (χ1v) is 7.78. The Morgan fingerprint density at radius 2 is 2.47 bits per heavy atom. The predicted octanol–water partition coefficient (Wildman–Crippen LogP) is 3.10. The largest absolute Gasteiger partial charge is 0.316 e. The van der Waals surface area contributed by atoms with Crippen molar-refractivity contribution in [2.75, 3.05) is 13.1 Å². The van der Waals surface area contributed by atoms with Crippen LogP contribution in [0.4, 0.5) is 0 Å². The van der Waals surface area contributed by atoms with Gasteiger partial charge >= 0.3 is 0 Å². The zero-order chi connectivity index (χ0) is 11.7. The first kappa shape index (κ1) is 11.7. The maximum atomic E-state index is 4.24. The van der Waals surface area contributed by atoms with Crippen LogP contribution in [0.15, 0.2) is 11.7 Å². The Kier molecular flexibility index (Phi) is 3.22. The van der Waals surface area contributed by atoms with Crippen molar-refractivity contribution >= 4 is 11.3 Å². The van der Waals surface area contributed by atoms with Gasteiger partial charge in [-0.05, 0) is 49.5 Å². The van der Waals surface area contributed by atoms with Gasteiger partial charge in [0.05, 0.1) is 5.51 Å². The number of rotatable bonds is 5. The zero-order valence-electron chi connectivity index (χ0n) is 10.6. The van der Waals surface area contributed by atoms with Gasteiger partial charge in [-0.1, -0.05) is 13.3 Å². The summed E-state index contributed by atoms with van der Waals surface area (Å²) >= 11 is 1.83. The van der Waals surface area contributed by atoms with Crippen molar-refractivity contribution in [1.82, 2.24) is 10.3 Å². The Balaban J connectivity index is 1.77. The fraction of sp³-hybridized carbons (Fsp3) is 0.786. The summed E-state index contributed by atoms with van der Waals surface area (Å²) in [4.78, 5) is 5.72. The van der Waals surface area contributed by atoms with Crippen molar-refractivity contribution in [3.8, 4) is 0 Å². The molecule has 2 aliphatic rings. The third kappa shape index (κ3) is 2.15. The average molecular weight is 250 g/mol. The second-order valence-corrected chi connectivity index (χ2v) is 6.84. The maximum absolute atomic E-state index is 4.24. The summed E-state index contributed by atoms with van der Waals surface area (Å²) in [7, 11) is 0. The van der Waals surface area contributed by atoms with Crippen LogP contribution in [-0.4, -0.2) is 18.1 Å². The molecule has 2 nitrogen and oxygen atoms in total. The highest BCUT2D eigenvalue weighted by Crippen LogP contribution is 2.57. The van der Waals surface area contributed by atoms with E-state index in [-0.39, 0.29) is 0 Å². The van der Waals surface area contributed by atoms with Crippen molar-refractivity contribution < 1.29 is 0 Å². The van der Waals surface area contributed by atoms with Gasteiger partial charge in [0.25, 0.3) is 0 Å². The summed E-state index contributed by atoms with van der Waals surface area (Å²) in [6.07, 6.45) is 9.22. The maximum Gasteiger partial charge on any atom is 0.0794 e. The molecule has 0 aromatic carbocycles. The first-order valence-electron chi connectivity index (χ1n) is 6.90. The third-order valence-electron chi connectivity index (χ3n) is 4.84. The molecule has 94 valence electrons. The Morgan fingerprint density at radius 3 is 3.06 bits per heavy atom. The summed E-state index contributed by atoms with van der Waals surface area (Å²) in [6, 6.07) is 0. The molecule has 0 amide bonds. The van der Waals surface area contributed by atoms with Gasteiger partial charge in [-0.15, -0.1) is 11.3 Å². The van der Waals surface area contributed by atoms with E-state index >= 15 is 0 Å². The Bertz CT molecular complexity index is 362. The molecule has 2 bridgehead atoms. The molecule has 1 aromatic rings. The topological polar surface area (TPSA) is 24.9 Å². The molecule has 0 spiro atoms. The smallest absolute Gasteiger partial charge is 0.0794 e. The fourth-order valence-electron chi connectivity index (χ4n) is 4.10. The second-order valence-electron chi connectivity index (χ2n) is 5.87. The van der Waals surface area contributed by atoms with Gasteiger partial charge in [-0.3, -0.25) is 4.98 Å². The van der Waals surface area contributed by atoms with Crippen LogP contribution in [0.3, 0.4) is 0 Å². The monoisotopic (exact) mass is 250 g/mol. The molecule has 1 heterocycles. The predicted molar refractivity (Wildman–Crippen MR) is 72.2 cm³/mol. The summed E-state index contributed by atoms with van der Waals surface area (Å²) in [6.45, 7) is 4.53. The van der Waals surface area contributed by atoms with Crippen molar-refractivity contribution in [3.05, 3.63) is 16.6 Å². The number of nitrogens with zero attached hydrogens (tertiary/aromatic N) is 1. The molecule has 3 heteroatoms. The molecule has 3 rings (SSSR count). The molecule has 2 fully saturated rings. The van der Waals surface area contributed by atoms with Crippen LogP contribution >= 0.6 is 11.3 Å². The molecule has 3 unspecified atom stereocenters. The van der Waals surface area contributed by atoms with Crippen LogP contribution in [-0.2, 0) is 6.42 Å². The Morgan fingerprint density at radius 1 is 1.53 bits per heavy atom. The number of nitrogens with one attached hydrogen (secondary N) is 1. The molecule has 3 atom stereocenters. The normalized spacial score (nSPS) is 35.6. The first-order chi connectivity index (χ1) is 8.32. The SMILES string of the molecule is CCNCC1(Cc2cncs2)CC2CCC1C2. The lowest BCUT2D eigenvalue weighted by molar-refractivity contribution is 0.158. The number of thiazole rings is 1. The van der Waals surface area contributed by atoms with Gasteiger partial charge in [-0.2, -0.15) is 0 Å². The minimum absolute atomic E-state index is 0.547. The van der Waals surface area contributed by atoms with E-state index in [4.69, 9.17) is 0 Å². The Hall–Kier alpha value is -0.410. The van der Waals surface area contributed by atoms with Crippen LogP contribution in [0.5, 0.6) is 0 Å². The number of hydrogen-bond acceptors (Lipinski definition) is 3. The standard InChI is InChI=1S/C14H22N2S/c1-2-15-9-14(7-13-8-16-10-17-13)6-11-3-4-12(14)5-11/h8,10-12,15H,2-7,9H2,1H3. The molecule has 0 aliphatic heterocycles. The third-order valence-corrected chi connectivity index (χ3v) is 5.62. The Labute approximate surface area is 108 Å². The van der Waals surface area contributed by atoms with Gasteiger partial charge in [0, 0.05) is 17.6 Å². The number of aromatic nitrogens is 1. The molecule has 1 N–H and O–H groups in total. The average Bonchev–Trinajstić information content (AvgIpc) is 3.02. The van der Waals surface area contributed by atoms with Crippen LogP contribution in [0, 0.1) is 17.3 Å². The van der Waals surface area contributed by atoms with Gasteiger partial charge in [0.1, 0.15) is 0 Å². The van der Waals surface area contributed by atoms with E-state index in [1.165, 1.54) is 43.5 Å². The minimum atomic E-state index is 0.547. The van der Waals surface area contributed by atoms with Gasteiger partial charge in [0.15, 0.2) is 0 Å². The highest BCUT2D eigenvalue weighted by atomic mass is 32.1. The van der Waals surface area contributed by atoms with Crippen molar-refractivity contribution in [1.29, 1.82) is 0 Å². The highest BCUT2D eigenvalue weighted by Gasteiger charge is 2.50. The van der Waals surface area contributed by atoms with Crippen molar-refractivity contribution in [2.24, 2.45) is 17.3 Å².